The smallest absolute Gasteiger partial charge is 0.130 e. The van der Waals surface area contributed by atoms with Gasteiger partial charge in [0, 0.05) is 12.6 Å². The van der Waals surface area contributed by atoms with Crippen LogP contribution >= 0.6 is 0 Å². The highest BCUT2D eigenvalue weighted by Crippen LogP contribution is 2.28. The second-order valence-corrected chi connectivity index (χ2v) is 5.74. The first-order chi connectivity index (χ1) is 9.97. The lowest BCUT2D eigenvalue weighted by Gasteiger charge is -2.15. The first kappa shape index (κ1) is 15.5. The number of rotatable bonds is 5. The highest BCUT2D eigenvalue weighted by atomic mass is 16.5. The van der Waals surface area contributed by atoms with E-state index in [0.29, 0.717) is 6.54 Å². The Morgan fingerprint density at radius 1 is 0.952 bits per heavy atom. The molecule has 0 bridgehead atoms. The molecule has 2 aromatic carbocycles. The molecular weight excluding hydrogens is 260 g/mol. The molecule has 0 aliphatic carbocycles. The average molecular weight is 284 g/mol. The molecule has 0 heterocycles. The molecule has 2 aromatic rings. The summed E-state index contributed by atoms with van der Waals surface area (Å²) in [5.74, 6) is 1.72. The SMILES string of the molecule is Cc1cc(C)cc(Oc2ccc(C)cc2CC(N)CN)c1. The number of aryl methyl sites for hydroxylation is 3. The minimum Gasteiger partial charge on any atom is -0.457 e. The minimum atomic E-state index is -0.0478. The Bertz CT molecular complexity index is 602. The summed E-state index contributed by atoms with van der Waals surface area (Å²) >= 11 is 0. The van der Waals surface area contributed by atoms with E-state index in [1.165, 1.54) is 16.7 Å². The second kappa shape index (κ2) is 6.74. The number of benzene rings is 2. The van der Waals surface area contributed by atoms with E-state index >= 15 is 0 Å². The molecular formula is C18H24N2O. The van der Waals surface area contributed by atoms with Gasteiger partial charge in [-0.05, 0) is 62.1 Å². The molecule has 112 valence electrons. The lowest BCUT2D eigenvalue weighted by Crippen LogP contribution is -2.31. The molecule has 21 heavy (non-hydrogen) atoms. The maximum atomic E-state index is 6.08. The summed E-state index contributed by atoms with van der Waals surface area (Å²) in [4.78, 5) is 0. The van der Waals surface area contributed by atoms with Gasteiger partial charge in [0.25, 0.3) is 0 Å². The van der Waals surface area contributed by atoms with E-state index in [1.807, 2.05) is 18.2 Å². The average Bonchev–Trinajstić information content (AvgIpc) is 2.40. The van der Waals surface area contributed by atoms with Gasteiger partial charge in [-0.3, -0.25) is 0 Å². The van der Waals surface area contributed by atoms with Crippen molar-refractivity contribution in [2.24, 2.45) is 11.5 Å². The topological polar surface area (TPSA) is 61.3 Å². The van der Waals surface area contributed by atoms with Crippen LogP contribution in [0.3, 0.4) is 0 Å². The zero-order valence-corrected chi connectivity index (χ0v) is 13.0. The molecule has 0 aliphatic heterocycles. The molecule has 1 unspecified atom stereocenters. The summed E-state index contributed by atoms with van der Waals surface area (Å²) in [6, 6.07) is 12.3. The van der Waals surface area contributed by atoms with Gasteiger partial charge in [0.15, 0.2) is 0 Å². The monoisotopic (exact) mass is 284 g/mol. The van der Waals surface area contributed by atoms with Crippen molar-refractivity contribution in [3.63, 3.8) is 0 Å². The molecule has 0 radical (unpaired) electrons. The quantitative estimate of drug-likeness (QED) is 0.886. The fourth-order valence-electron chi connectivity index (χ4n) is 2.45. The van der Waals surface area contributed by atoms with Crippen LogP contribution in [0.5, 0.6) is 11.5 Å². The van der Waals surface area contributed by atoms with Gasteiger partial charge < -0.3 is 16.2 Å². The molecule has 0 aromatic heterocycles. The summed E-state index contributed by atoms with van der Waals surface area (Å²) in [7, 11) is 0. The fourth-order valence-corrected chi connectivity index (χ4v) is 2.45. The fraction of sp³-hybridized carbons (Fsp3) is 0.333. The van der Waals surface area contributed by atoms with Gasteiger partial charge in [0.05, 0.1) is 0 Å². The summed E-state index contributed by atoms with van der Waals surface area (Å²) in [5.41, 5.74) is 16.3. The summed E-state index contributed by atoms with van der Waals surface area (Å²) in [6.07, 6.45) is 0.721. The summed E-state index contributed by atoms with van der Waals surface area (Å²) < 4.78 is 6.08. The van der Waals surface area contributed by atoms with Gasteiger partial charge in [-0.25, -0.2) is 0 Å². The largest absolute Gasteiger partial charge is 0.457 e. The van der Waals surface area contributed by atoms with E-state index in [-0.39, 0.29) is 6.04 Å². The van der Waals surface area contributed by atoms with Gasteiger partial charge in [0.1, 0.15) is 11.5 Å². The molecule has 0 saturated heterocycles. The van der Waals surface area contributed by atoms with Crippen LogP contribution in [0.25, 0.3) is 0 Å². The lowest BCUT2D eigenvalue weighted by molar-refractivity contribution is 0.472. The third kappa shape index (κ3) is 4.31. The van der Waals surface area contributed by atoms with E-state index in [4.69, 9.17) is 16.2 Å². The molecule has 0 aliphatic rings. The molecule has 1 atom stereocenters. The van der Waals surface area contributed by atoms with Gasteiger partial charge in [-0.2, -0.15) is 0 Å². The van der Waals surface area contributed by atoms with Crippen LogP contribution in [0.15, 0.2) is 36.4 Å². The third-order valence-corrected chi connectivity index (χ3v) is 3.42. The second-order valence-electron chi connectivity index (χ2n) is 5.74. The Labute approximate surface area is 126 Å². The van der Waals surface area contributed by atoms with Crippen LogP contribution < -0.4 is 16.2 Å². The van der Waals surface area contributed by atoms with Crippen molar-refractivity contribution in [3.8, 4) is 11.5 Å². The number of nitrogens with two attached hydrogens (primary N) is 2. The van der Waals surface area contributed by atoms with Crippen LogP contribution in [0.1, 0.15) is 22.3 Å². The number of hydrogen-bond acceptors (Lipinski definition) is 3. The third-order valence-electron chi connectivity index (χ3n) is 3.42. The maximum Gasteiger partial charge on any atom is 0.130 e. The Balaban J connectivity index is 2.30. The van der Waals surface area contributed by atoms with E-state index < -0.39 is 0 Å². The van der Waals surface area contributed by atoms with Crippen molar-refractivity contribution < 1.29 is 4.74 Å². The molecule has 3 heteroatoms. The first-order valence-electron chi connectivity index (χ1n) is 7.29. The standard InChI is InChI=1S/C18H24N2O/c1-12-4-5-18(15(7-12)10-16(20)11-19)21-17-8-13(2)6-14(3)9-17/h4-9,16H,10-11,19-20H2,1-3H3. The molecule has 2 rings (SSSR count). The predicted molar refractivity (Wildman–Crippen MR) is 87.9 cm³/mol. The summed E-state index contributed by atoms with van der Waals surface area (Å²) in [5, 5.41) is 0. The van der Waals surface area contributed by atoms with Gasteiger partial charge in [0.2, 0.25) is 0 Å². The van der Waals surface area contributed by atoms with Crippen LogP contribution in [0.2, 0.25) is 0 Å². The van der Waals surface area contributed by atoms with Gasteiger partial charge in [-0.15, -0.1) is 0 Å². The van der Waals surface area contributed by atoms with Crippen LogP contribution in [-0.2, 0) is 6.42 Å². The van der Waals surface area contributed by atoms with Crippen molar-refractivity contribution in [1.82, 2.24) is 0 Å². The Morgan fingerprint density at radius 2 is 1.62 bits per heavy atom. The number of hydrogen-bond donors (Lipinski definition) is 2. The first-order valence-corrected chi connectivity index (χ1v) is 7.29. The lowest BCUT2D eigenvalue weighted by atomic mass is 10.0. The molecule has 0 spiro atoms. The van der Waals surface area contributed by atoms with E-state index in [0.717, 1.165) is 23.5 Å². The molecule has 4 N–H and O–H groups in total. The summed E-state index contributed by atoms with van der Waals surface area (Å²) in [6.45, 7) is 6.68. The maximum absolute atomic E-state index is 6.08. The van der Waals surface area contributed by atoms with E-state index in [1.54, 1.807) is 0 Å². The molecule has 0 amide bonds. The van der Waals surface area contributed by atoms with Crippen LogP contribution in [0, 0.1) is 20.8 Å². The molecule has 0 saturated carbocycles. The zero-order chi connectivity index (χ0) is 15.4. The zero-order valence-electron chi connectivity index (χ0n) is 13.0. The molecule has 3 nitrogen and oxygen atoms in total. The van der Waals surface area contributed by atoms with Crippen molar-refractivity contribution in [2.75, 3.05) is 6.54 Å². The number of ether oxygens (including phenoxy) is 1. The van der Waals surface area contributed by atoms with Crippen molar-refractivity contribution in [2.45, 2.75) is 33.2 Å². The normalized spacial score (nSPS) is 12.2. The van der Waals surface area contributed by atoms with Crippen molar-refractivity contribution in [3.05, 3.63) is 58.7 Å². The Hall–Kier alpha value is -1.84. The van der Waals surface area contributed by atoms with Crippen LogP contribution in [-0.4, -0.2) is 12.6 Å². The van der Waals surface area contributed by atoms with Crippen molar-refractivity contribution >= 4 is 0 Å². The van der Waals surface area contributed by atoms with Crippen molar-refractivity contribution in [1.29, 1.82) is 0 Å². The Morgan fingerprint density at radius 3 is 2.24 bits per heavy atom. The van der Waals surface area contributed by atoms with Gasteiger partial charge in [-0.1, -0.05) is 23.8 Å². The highest BCUT2D eigenvalue weighted by molar-refractivity contribution is 5.42. The van der Waals surface area contributed by atoms with E-state index in [2.05, 4.69) is 39.0 Å². The van der Waals surface area contributed by atoms with Crippen LogP contribution in [0.4, 0.5) is 0 Å². The Kier molecular flexibility index (Phi) is 4.99. The minimum absolute atomic E-state index is 0.0478. The predicted octanol–water partition coefficient (Wildman–Crippen LogP) is 3.23. The van der Waals surface area contributed by atoms with E-state index in [9.17, 15) is 0 Å². The highest BCUT2D eigenvalue weighted by Gasteiger charge is 2.10. The van der Waals surface area contributed by atoms with Gasteiger partial charge >= 0.3 is 0 Å². The molecule has 0 fully saturated rings.